The molecule has 1 aliphatic heterocycles. The Kier molecular flexibility index (Phi) is 5.23. The van der Waals surface area contributed by atoms with Crippen LogP contribution in [0.3, 0.4) is 0 Å². The zero-order chi connectivity index (χ0) is 15.3. The quantitative estimate of drug-likeness (QED) is 0.876. The fraction of sp³-hybridized carbons (Fsp3) is 0.588. The van der Waals surface area contributed by atoms with Gasteiger partial charge in [-0.05, 0) is 18.9 Å². The topological polar surface area (TPSA) is 47.6 Å². The van der Waals surface area contributed by atoms with Crippen molar-refractivity contribution in [2.24, 2.45) is 0 Å². The zero-order valence-electron chi connectivity index (χ0n) is 13.1. The summed E-state index contributed by atoms with van der Waals surface area (Å²) in [6, 6.07) is 7.94. The van der Waals surface area contributed by atoms with E-state index in [1.165, 1.54) is 0 Å². The predicted molar refractivity (Wildman–Crippen MR) is 82.6 cm³/mol. The minimum absolute atomic E-state index is 0.0601. The first-order chi connectivity index (χ1) is 10.0. The van der Waals surface area contributed by atoms with Crippen LogP contribution in [-0.2, 0) is 14.9 Å². The third-order valence-electron chi connectivity index (χ3n) is 4.00. The van der Waals surface area contributed by atoms with E-state index in [2.05, 4.69) is 19.2 Å². The fourth-order valence-electron chi connectivity index (χ4n) is 2.70. The first-order valence-corrected chi connectivity index (χ1v) is 7.55. The molecule has 1 aromatic carbocycles. The summed E-state index contributed by atoms with van der Waals surface area (Å²) < 4.78 is 10.9. The average molecular weight is 291 g/mol. The SMILES string of the molecule is COc1ccccc1C(C)(C)CNC(=O)C[C@@H]1CCCO1. The van der Waals surface area contributed by atoms with E-state index in [0.717, 1.165) is 30.8 Å². The van der Waals surface area contributed by atoms with Crippen molar-refractivity contribution in [2.45, 2.75) is 44.6 Å². The Bertz CT molecular complexity index is 479. The van der Waals surface area contributed by atoms with Gasteiger partial charge in [0.15, 0.2) is 0 Å². The molecular formula is C17H25NO3. The van der Waals surface area contributed by atoms with Crippen molar-refractivity contribution in [1.82, 2.24) is 5.32 Å². The van der Waals surface area contributed by atoms with Crippen LogP contribution in [0, 0.1) is 0 Å². The van der Waals surface area contributed by atoms with E-state index in [-0.39, 0.29) is 17.4 Å². The highest BCUT2D eigenvalue weighted by atomic mass is 16.5. The van der Waals surface area contributed by atoms with Gasteiger partial charge in [0.1, 0.15) is 5.75 Å². The smallest absolute Gasteiger partial charge is 0.222 e. The Hall–Kier alpha value is -1.55. The number of para-hydroxylation sites is 1. The Balaban J connectivity index is 1.92. The van der Waals surface area contributed by atoms with Crippen molar-refractivity contribution < 1.29 is 14.3 Å². The summed E-state index contributed by atoms with van der Waals surface area (Å²) in [5.74, 6) is 0.917. The molecule has 2 rings (SSSR count). The summed E-state index contributed by atoms with van der Waals surface area (Å²) in [6.07, 6.45) is 2.61. The van der Waals surface area contributed by atoms with E-state index < -0.39 is 0 Å². The molecule has 4 nitrogen and oxygen atoms in total. The van der Waals surface area contributed by atoms with Crippen molar-refractivity contribution >= 4 is 5.91 Å². The highest BCUT2D eigenvalue weighted by molar-refractivity contribution is 5.76. The van der Waals surface area contributed by atoms with Gasteiger partial charge in [-0.1, -0.05) is 32.0 Å². The Morgan fingerprint density at radius 3 is 2.86 bits per heavy atom. The zero-order valence-corrected chi connectivity index (χ0v) is 13.1. The van der Waals surface area contributed by atoms with Crippen molar-refractivity contribution in [3.8, 4) is 5.75 Å². The molecule has 1 atom stereocenters. The Labute approximate surface area is 126 Å². The summed E-state index contributed by atoms with van der Waals surface area (Å²) in [5.41, 5.74) is 0.920. The van der Waals surface area contributed by atoms with Crippen molar-refractivity contribution in [3.63, 3.8) is 0 Å². The molecule has 0 unspecified atom stereocenters. The number of nitrogens with one attached hydrogen (secondary N) is 1. The van der Waals surface area contributed by atoms with Crippen LogP contribution in [0.2, 0.25) is 0 Å². The lowest BCUT2D eigenvalue weighted by atomic mass is 9.84. The predicted octanol–water partition coefficient (Wildman–Crippen LogP) is 2.66. The summed E-state index contributed by atoms with van der Waals surface area (Å²) in [4.78, 5) is 12.0. The average Bonchev–Trinajstić information content (AvgIpc) is 2.98. The van der Waals surface area contributed by atoms with Gasteiger partial charge in [-0.15, -0.1) is 0 Å². The molecule has 1 heterocycles. The highest BCUT2D eigenvalue weighted by Crippen LogP contribution is 2.30. The van der Waals surface area contributed by atoms with Gasteiger partial charge in [-0.2, -0.15) is 0 Å². The second-order valence-corrected chi connectivity index (χ2v) is 6.20. The summed E-state index contributed by atoms with van der Waals surface area (Å²) in [5, 5.41) is 3.03. The summed E-state index contributed by atoms with van der Waals surface area (Å²) in [6.45, 7) is 5.58. The number of carbonyl (C=O) groups is 1. The number of rotatable bonds is 6. The van der Waals surface area contributed by atoms with Crippen LogP contribution < -0.4 is 10.1 Å². The molecule has 4 heteroatoms. The second-order valence-electron chi connectivity index (χ2n) is 6.20. The summed E-state index contributed by atoms with van der Waals surface area (Å²) in [7, 11) is 1.67. The molecule has 1 amide bonds. The van der Waals surface area contributed by atoms with Gasteiger partial charge in [0.05, 0.1) is 19.6 Å². The standard InChI is InChI=1S/C17H25NO3/c1-17(2,14-8-4-5-9-15(14)20-3)12-18-16(19)11-13-7-6-10-21-13/h4-5,8-9,13H,6-7,10-12H2,1-3H3,(H,18,19)/t13-/m0/s1. The molecule has 0 saturated carbocycles. The number of hydrogen-bond donors (Lipinski definition) is 1. The largest absolute Gasteiger partial charge is 0.496 e. The number of benzene rings is 1. The Morgan fingerprint density at radius 2 is 2.19 bits per heavy atom. The van der Waals surface area contributed by atoms with Crippen LogP contribution in [0.5, 0.6) is 5.75 Å². The van der Waals surface area contributed by atoms with Crippen molar-refractivity contribution in [1.29, 1.82) is 0 Å². The first-order valence-electron chi connectivity index (χ1n) is 7.55. The van der Waals surface area contributed by atoms with Gasteiger partial charge in [0.25, 0.3) is 0 Å². The van der Waals surface area contributed by atoms with Crippen LogP contribution in [0.4, 0.5) is 0 Å². The molecule has 0 aliphatic carbocycles. The number of carbonyl (C=O) groups excluding carboxylic acids is 1. The number of amides is 1. The van der Waals surface area contributed by atoms with Gasteiger partial charge in [-0.25, -0.2) is 0 Å². The molecule has 1 aliphatic rings. The van der Waals surface area contributed by atoms with Crippen LogP contribution >= 0.6 is 0 Å². The molecule has 1 saturated heterocycles. The van der Waals surface area contributed by atoms with Crippen molar-refractivity contribution in [3.05, 3.63) is 29.8 Å². The Morgan fingerprint density at radius 1 is 1.43 bits per heavy atom. The van der Waals surface area contributed by atoms with Gasteiger partial charge in [0, 0.05) is 24.1 Å². The minimum atomic E-state index is -0.182. The monoisotopic (exact) mass is 291 g/mol. The van der Waals surface area contributed by atoms with Gasteiger partial charge >= 0.3 is 0 Å². The maximum absolute atomic E-state index is 12.0. The van der Waals surface area contributed by atoms with E-state index >= 15 is 0 Å². The molecular weight excluding hydrogens is 266 g/mol. The van der Waals surface area contributed by atoms with Gasteiger partial charge < -0.3 is 14.8 Å². The third-order valence-corrected chi connectivity index (χ3v) is 4.00. The van der Waals surface area contributed by atoms with E-state index in [1.54, 1.807) is 7.11 Å². The third kappa shape index (κ3) is 4.21. The lowest BCUT2D eigenvalue weighted by Crippen LogP contribution is -2.38. The molecule has 21 heavy (non-hydrogen) atoms. The summed E-state index contributed by atoms with van der Waals surface area (Å²) >= 11 is 0. The van der Waals surface area contributed by atoms with E-state index in [9.17, 15) is 4.79 Å². The number of hydrogen-bond acceptors (Lipinski definition) is 3. The lowest BCUT2D eigenvalue weighted by Gasteiger charge is -2.27. The van der Waals surface area contributed by atoms with E-state index in [1.807, 2.05) is 24.3 Å². The molecule has 0 spiro atoms. The van der Waals surface area contributed by atoms with Crippen LogP contribution in [0.25, 0.3) is 0 Å². The highest BCUT2D eigenvalue weighted by Gasteiger charge is 2.26. The van der Waals surface area contributed by atoms with Crippen LogP contribution in [0.1, 0.15) is 38.7 Å². The van der Waals surface area contributed by atoms with Crippen LogP contribution in [0.15, 0.2) is 24.3 Å². The molecule has 116 valence electrons. The van der Waals surface area contributed by atoms with Crippen LogP contribution in [-0.4, -0.2) is 32.3 Å². The number of methoxy groups -OCH3 is 1. The fourth-order valence-corrected chi connectivity index (χ4v) is 2.70. The van der Waals surface area contributed by atoms with E-state index in [4.69, 9.17) is 9.47 Å². The molecule has 0 bridgehead atoms. The molecule has 1 fully saturated rings. The second kappa shape index (κ2) is 6.94. The maximum atomic E-state index is 12.0. The lowest BCUT2D eigenvalue weighted by molar-refractivity contribution is -0.123. The maximum Gasteiger partial charge on any atom is 0.222 e. The molecule has 1 N–H and O–H groups in total. The number of ether oxygens (including phenoxy) is 2. The van der Waals surface area contributed by atoms with Crippen molar-refractivity contribution in [2.75, 3.05) is 20.3 Å². The molecule has 0 aromatic heterocycles. The van der Waals surface area contributed by atoms with Gasteiger partial charge in [-0.3, -0.25) is 4.79 Å². The van der Waals surface area contributed by atoms with Gasteiger partial charge in [0.2, 0.25) is 5.91 Å². The molecule has 0 radical (unpaired) electrons. The van der Waals surface area contributed by atoms with E-state index in [0.29, 0.717) is 13.0 Å². The minimum Gasteiger partial charge on any atom is -0.496 e. The first kappa shape index (κ1) is 15.8. The molecule has 1 aromatic rings. The normalized spacial score (nSPS) is 18.5.